The van der Waals surface area contributed by atoms with E-state index in [-0.39, 0.29) is 24.1 Å². The number of rotatable bonds is 9. The zero-order valence-electron chi connectivity index (χ0n) is 18.5. The predicted octanol–water partition coefficient (Wildman–Crippen LogP) is 4.62. The van der Waals surface area contributed by atoms with Crippen molar-refractivity contribution < 1.29 is 14.0 Å². The average molecular weight is 494 g/mol. The number of anilines is 1. The standard InChI is InChI=1S/C24H23N5O3S2/c1-28(19-8-3-2-7-18(19)23(31)25-14-17-6-4-12-32-17)21(30)15-34-24-27-26-22(20-9-5-13-33-20)29(24)16-10-11-16/h2-9,12-13,16H,10-11,14-15H2,1H3,(H,25,31). The van der Waals surface area contributed by atoms with Gasteiger partial charge in [-0.2, -0.15) is 0 Å². The molecule has 2 amide bonds. The summed E-state index contributed by atoms with van der Waals surface area (Å²) in [6, 6.07) is 15.1. The first-order chi connectivity index (χ1) is 16.6. The zero-order valence-corrected chi connectivity index (χ0v) is 20.1. The Morgan fingerprint density at radius 3 is 2.76 bits per heavy atom. The van der Waals surface area contributed by atoms with Crippen molar-refractivity contribution in [2.24, 2.45) is 0 Å². The number of hydrogen-bond acceptors (Lipinski definition) is 7. The smallest absolute Gasteiger partial charge is 0.253 e. The van der Waals surface area contributed by atoms with E-state index in [0.29, 0.717) is 23.1 Å². The SMILES string of the molecule is CN(C(=O)CSc1nnc(-c2cccs2)n1C1CC1)c1ccccc1C(=O)NCc1ccco1. The van der Waals surface area contributed by atoms with Gasteiger partial charge >= 0.3 is 0 Å². The van der Waals surface area contributed by atoms with E-state index in [9.17, 15) is 9.59 Å². The van der Waals surface area contributed by atoms with Crippen molar-refractivity contribution >= 4 is 40.6 Å². The van der Waals surface area contributed by atoms with Crippen LogP contribution in [0.4, 0.5) is 5.69 Å². The summed E-state index contributed by atoms with van der Waals surface area (Å²) in [5.41, 5.74) is 0.976. The lowest BCUT2D eigenvalue weighted by atomic mass is 10.1. The highest BCUT2D eigenvalue weighted by atomic mass is 32.2. The number of para-hydroxylation sites is 1. The maximum absolute atomic E-state index is 13.1. The Morgan fingerprint density at radius 2 is 2.03 bits per heavy atom. The molecule has 1 aromatic carbocycles. The summed E-state index contributed by atoms with van der Waals surface area (Å²) in [5.74, 6) is 1.31. The van der Waals surface area contributed by atoms with Crippen LogP contribution >= 0.6 is 23.1 Å². The van der Waals surface area contributed by atoms with Crippen molar-refractivity contribution in [1.29, 1.82) is 0 Å². The monoisotopic (exact) mass is 493 g/mol. The van der Waals surface area contributed by atoms with Gasteiger partial charge in [-0.3, -0.25) is 14.2 Å². The summed E-state index contributed by atoms with van der Waals surface area (Å²) >= 11 is 3.01. The maximum Gasteiger partial charge on any atom is 0.253 e. The van der Waals surface area contributed by atoms with E-state index in [0.717, 1.165) is 28.7 Å². The molecule has 3 aromatic heterocycles. The topological polar surface area (TPSA) is 93.3 Å². The molecule has 0 spiro atoms. The number of nitrogens with zero attached hydrogens (tertiary/aromatic N) is 4. The minimum atomic E-state index is -0.270. The molecule has 1 aliphatic carbocycles. The highest BCUT2D eigenvalue weighted by Gasteiger charge is 2.31. The van der Waals surface area contributed by atoms with Crippen molar-refractivity contribution in [3.8, 4) is 10.7 Å². The Morgan fingerprint density at radius 1 is 1.18 bits per heavy atom. The van der Waals surface area contributed by atoms with Gasteiger partial charge in [-0.05, 0) is 48.6 Å². The molecule has 174 valence electrons. The van der Waals surface area contributed by atoms with Gasteiger partial charge in [0.2, 0.25) is 5.91 Å². The second kappa shape index (κ2) is 9.86. The van der Waals surface area contributed by atoms with Gasteiger partial charge in [0.25, 0.3) is 5.91 Å². The molecular formula is C24H23N5O3S2. The first-order valence-corrected chi connectivity index (χ1v) is 12.8. The number of thiophene rings is 1. The van der Waals surface area contributed by atoms with Gasteiger partial charge in [-0.25, -0.2) is 0 Å². The molecule has 5 rings (SSSR count). The zero-order chi connectivity index (χ0) is 23.5. The van der Waals surface area contributed by atoms with E-state index in [4.69, 9.17) is 4.42 Å². The van der Waals surface area contributed by atoms with Crippen molar-refractivity contribution in [2.75, 3.05) is 17.7 Å². The number of amides is 2. The van der Waals surface area contributed by atoms with E-state index in [1.165, 1.54) is 16.7 Å². The molecule has 0 radical (unpaired) electrons. The molecule has 1 saturated carbocycles. The van der Waals surface area contributed by atoms with Crippen LogP contribution in [-0.2, 0) is 11.3 Å². The van der Waals surface area contributed by atoms with Crippen molar-refractivity contribution in [3.05, 3.63) is 71.5 Å². The van der Waals surface area contributed by atoms with Gasteiger partial charge in [-0.1, -0.05) is 30.0 Å². The summed E-state index contributed by atoms with van der Waals surface area (Å²) in [6.07, 6.45) is 3.75. The lowest BCUT2D eigenvalue weighted by molar-refractivity contribution is -0.115. The van der Waals surface area contributed by atoms with Crippen LogP contribution in [0.2, 0.25) is 0 Å². The summed E-state index contributed by atoms with van der Waals surface area (Å²) in [6.45, 7) is 0.275. The summed E-state index contributed by atoms with van der Waals surface area (Å²) < 4.78 is 7.42. The Bertz CT molecular complexity index is 1280. The minimum Gasteiger partial charge on any atom is -0.467 e. The number of carbonyl (C=O) groups excluding carboxylic acids is 2. The average Bonchev–Trinajstić information content (AvgIpc) is 3.27. The fourth-order valence-corrected chi connectivity index (χ4v) is 5.23. The number of benzene rings is 1. The number of aromatic nitrogens is 3. The third kappa shape index (κ3) is 4.78. The van der Waals surface area contributed by atoms with Gasteiger partial charge in [0.15, 0.2) is 11.0 Å². The van der Waals surface area contributed by atoms with Crippen LogP contribution in [0.25, 0.3) is 10.7 Å². The van der Waals surface area contributed by atoms with Gasteiger partial charge in [-0.15, -0.1) is 21.5 Å². The molecule has 3 heterocycles. The first-order valence-electron chi connectivity index (χ1n) is 10.9. The summed E-state index contributed by atoms with van der Waals surface area (Å²) in [4.78, 5) is 28.5. The second-order valence-corrected chi connectivity index (χ2v) is 9.80. The van der Waals surface area contributed by atoms with Gasteiger partial charge in [0.1, 0.15) is 5.76 Å². The number of nitrogens with one attached hydrogen (secondary N) is 1. The quantitative estimate of drug-likeness (QED) is 0.342. The van der Waals surface area contributed by atoms with Crippen LogP contribution in [0.3, 0.4) is 0 Å². The Kier molecular flexibility index (Phi) is 6.50. The molecule has 4 aromatic rings. The van der Waals surface area contributed by atoms with E-state index in [2.05, 4.69) is 20.1 Å². The molecule has 8 nitrogen and oxygen atoms in total. The van der Waals surface area contributed by atoms with Crippen LogP contribution < -0.4 is 10.2 Å². The minimum absolute atomic E-state index is 0.126. The highest BCUT2D eigenvalue weighted by molar-refractivity contribution is 7.99. The van der Waals surface area contributed by atoms with Crippen LogP contribution in [0, 0.1) is 0 Å². The lowest BCUT2D eigenvalue weighted by Gasteiger charge is -2.20. The molecule has 0 unspecified atom stereocenters. The number of thioether (sulfide) groups is 1. The molecule has 0 atom stereocenters. The van der Waals surface area contributed by atoms with Gasteiger partial charge < -0.3 is 14.6 Å². The molecule has 0 saturated heterocycles. The van der Waals surface area contributed by atoms with Crippen molar-refractivity contribution in [2.45, 2.75) is 30.6 Å². The number of hydrogen-bond donors (Lipinski definition) is 1. The third-order valence-electron chi connectivity index (χ3n) is 5.53. The Labute approximate surface area is 205 Å². The third-order valence-corrected chi connectivity index (χ3v) is 7.32. The largest absolute Gasteiger partial charge is 0.467 e. The van der Waals surface area contributed by atoms with Crippen molar-refractivity contribution in [3.63, 3.8) is 0 Å². The van der Waals surface area contributed by atoms with E-state index in [1.54, 1.807) is 55.0 Å². The lowest BCUT2D eigenvalue weighted by Crippen LogP contribution is -2.31. The van der Waals surface area contributed by atoms with E-state index < -0.39 is 0 Å². The highest BCUT2D eigenvalue weighted by Crippen LogP contribution is 2.41. The molecule has 0 bridgehead atoms. The molecular weight excluding hydrogens is 470 g/mol. The molecule has 34 heavy (non-hydrogen) atoms. The number of furan rings is 1. The molecule has 10 heteroatoms. The maximum atomic E-state index is 13.1. The van der Waals surface area contributed by atoms with E-state index >= 15 is 0 Å². The van der Waals surface area contributed by atoms with E-state index in [1.807, 2.05) is 23.6 Å². The van der Waals surface area contributed by atoms with Gasteiger partial charge in [0.05, 0.1) is 34.7 Å². The summed E-state index contributed by atoms with van der Waals surface area (Å²) in [5, 5.41) is 14.4. The van der Waals surface area contributed by atoms with Crippen molar-refractivity contribution in [1.82, 2.24) is 20.1 Å². The predicted molar refractivity (Wildman–Crippen MR) is 132 cm³/mol. The van der Waals surface area contributed by atoms with Crippen LogP contribution in [0.15, 0.2) is 69.7 Å². The number of carbonyl (C=O) groups is 2. The second-order valence-electron chi connectivity index (χ2n) is 7.91. The Balaban J connectivity index is 1.27. The normalized spacial score (nSPS) is 13.1. The van der Waals surface area contributed by atoms with Crippen LogP contribution in [0.5, 0.6) is 0 Å². The molecule has 1 fully saturated rings. The summed E-state index contributed by atoms with van der Waals surface area (Å²) in [7, 11) is 1.68. The fraction of sp³-hybridized carbons (Fsp3) is 0.250. The Hall–Kier alpha value is -3.37. The molecule has 1 N–H and O–H groups in total. The van der Waals surface area contributed by atoms with Crippen LogP contribution in [0.1, 0.15) is 35.0 Å². The molecule has 0 aliphatic heterocycles. The van der Waals surface area contributed by atoms with Crippen LogP contribution in [-0.4, -0.2) is 39.4 Å². The van der Waals surface area contributed by atoms with Gasteiger partial charge in [0, 0.05) is 13.1 Å². The fourth-order valence-electron chi connectivity index (χ4n) is 3.60. The molecule has 1 aliphatic rings. The first kappa shape index (κ1) is 22.4.